The van der Waals surface area contributed by atoms with Gasteiger partial charge in [0.05, 0.1) is 12.6 Å². The Morgan fingerprint density at radius 3 is 1.69 bits per heavy atom. The second-order valence-corrected chi connectivity index (χ2v) is 11.1. The van der Waals surface area contributed by atoms with Crippen LogP contribution in [0.5, 0.6) is 0 Å². The van der Waals surface area contributed by atoms with Crippen molar-refractivity contribution in [3.63, 3.8) is 0 Å². The fraction of sp³-hybridized carbons (Fsp3) is 0.469. The average Bonchev–Trinajstić information content (AvgIpc) is 3.72. The minimum absolute atomic E-state index is 0.102. The Hall–Kier alpha value is -2.53. The number of aliphatic hydroxyl groups is 1. The first kappa shape index (κ1) is 25.1. The summed E-state index contributed by atoms with van der Waals surface area (Å²) in [6.45, 7) is 2.15. The molecule has 0 bridgehead atoms. The van der Waals surface area contributed by atoms with Crippen LogP contribution in [0, 0.1) is 0 Å². The van der Waals surface area contributed by atoms with Gasteiger partial charge in [0.1, 0.15) is 6.29 Å². The molecule has 2 spiro atoms. The molecule has 2 aliphatic heterocycles. The molecule has 2 aliphatic carbocycles. The van der Waals surface area contributed by atoms with Gasteiger partial charge in [-0.3, -0.25) is 9.80 Å². The molecule has 4 heteroatoms. The number of aldehydes is 1. The van der Waals surface area contributed by atoms with Crippen molar-refractivity contribution < 1.29 is 9.90 Å². The van der Waals surface area contributed by atoms with Crippen LogP contribution in [0.25, 0.3) is 0 Å². The second kappa shape index (κ2) is 11.2. The zero-order valence-corrected chi connectivity index (χ0v) is 21.3. The van der Waals surface area contributed by atoms with Gasteiger partial charge >= 0.3 is 0 Å². The summed E-state index contributed by atoms with van der Waals surface area (Å²) in [5, 5.41) is 9.60. The maximum atomic E-state index is 11.3. The van der Waals surface area contributed by atoms with E-state index in [0.29, 0.717) is 11.6 Å². The lowest BCUT2D eigenvalue weighted by molar-refractivity contribution is -0.113. The van der Waals surface area contributed by atoms with E-state index < -0.39 is 0 Å². The number of rotatable bonds is 6. The van der Waals surface area contributed by atoms with Crippen molar-refractivity contribution in [1.82, 2.24) is 9.80 Å². The van der Waals surface area contributed by atoms with Gasteiger partial charge in [0, 0.05) is 30.2 Å². The molecular formula is C32H40N2O2. The number of nitrogens with zero attached hydrogens (tertiary/aromatic N) is 2. The van der Waals surface area contributed by atoms with Crippen LogP contribution < -0.4 is 0 Å². The summed E-state index contributed by atoms with van der Waals surface area (Å²) < 4.78 is 0. The third kappa shape index (κ3) is 5.13. The highest BCUT2D eigenvalue weighted by atomic mass is 16.3. The molecule has 6 rings (SSSR count). The van der Waals surface area contributed by atoms with Crippen LogP contribution in [-0.4, -0.2) is 51.0 Å². The Kier molecular flexibility index (Phi) is 7.85. The number of aliphatic hydroxyl groups excluding tert-OH is 1. The lowest BCUT2D eigenvalue weighted by atomic mass is 9.93. The highest BCUT2D eigenvalue weighted by Gasteiger charge is 2.46. The minimum atomic E-state index is 0.102. The van der Waals surface area contributed by atoms with Crippen LogP contribution in [-0.2, 0) is 17.9 Å². The molecule has 4 nitrogen and oxygen atoms in total. The molecule has 36 heavy (non-hydrogen) atoms. The largest absolute Gasteiger partial charge is 0.395 e. The Balaban J connectivity index is 0.000000148. The van der Waals surface area contributed by atoms with Gasteiger partial charge in [0.15, 0.2) is 0 Å². The van der Waals surface area contributed by atoms with Crippen molar-refractivity contribution >= 4 is 6.29 Å². The number of carbonyl (C=O) groups is 1. The van der Waals surface area contributed by atoms with Crippen molar-refractivity contribution in [3.8, 4) is 0 Å². The van der Waals surface area contributed by atoms with Gasteiger partial charge in [0.25, 0.3) is 0 Å². The van der Waals surface area contributed by atoms with Gasteiger partial charge in [-0.2, -0.15) is 0 Å². The van der Waals surface area contributed by atoms with Gasteiger partial charge in [-0.1, -0.05) is 85.0 Å². The zero-order chi connectivity index (χ0) is 24.8. The van der Waals surface area contributed by atoms with E-state index in [9.17, 15) is 9.90 Å². The van der Waals surface area contributed by atoms with E-state index >= 15 is 0 Å². The first-order valence-electron chi connectivity index (χ1n) is 13.7. The lowest BCUT2D eigenvalue weighted by Gasteiger charge is -2.38. The molecule has 2 saturated heterocycles. The van der Waals surface area contributed by atoms with Gasteiger partial charge in [-0.25, -0.2) is 0 Å². The van der Waals surface area contributed by atoms with Crippen LogP contribution in [0.4, 0.5) is 0 Å². The molecule has 0 saturated carbocycles. The summed E-state index contributed by atoms with van der Waals surface area (Å²) >= 11 is 0. The van der Waals surface area contributed by atoms with E-state index in [1.807, 2.05) is 6.07 Å². The summed E-state index contributed by atoms with van der Waals surface area (Å²) in [6.07, 6.45) is 19.3. The number of carbonyl (C=O) groups excluding carboxylic acids is 1. The van der Waals surface area contributed by atoms with Gasteiger partial charge < -0.3 is 9.90 Å². The van der Waals surface area contributed by atoms with Crippen molar-refractivity contribution in [2.45, 2.75) is 87.6 Å². The minimum Gasteiger partial charge on any atom is -0.395 e. The standard InChI is InChI=1S/C16H21NO.C16H19NO/c2*18-13-15-8-11-16(9-4-5-10-16)17(15)12-14-6-2-1-3-7-14/h1-7,15,18H,8-13H2;1-7,13,15H,8-12H2/t2*15-/m11/s1. The predicted molar refractivity (Wildman–Crippen MR) is 145 cm³/mol. The van der Waals surface area contributed by atoms with Gasteiger partial charge in [-0.05, 0) is 62.5 Å². The smallest absolute Gasteiger partial charge is 0.137 e. The Morgan fingerprint density at radius 1 is 0.722 bits per heavy atom. The third-order valence-corrected chi connectivity index (χ3v) is 8.99. The fourth-order valence-corrected chi connectivity index (χ4v) is 6.92. The molecule has 1 N–H and O–H groups in total. The van der Waals surface area contributed by atoms with Crippen molar-refractivity contribution in [3.05, 3.63) is 96.1 Å². The number of likely N-dealkylation sites (tertiary alicyclic amines) is 2. The van der Waals surface area contributed by atoms with Crippen LogP contribution in [0.15, 0.2) is 85.0 Å². The molecule has 0 aromatic heterocycles. The highest BCUT2D eigenvalue weighted by Crippen LogP contribution is 2.44. The molecule has 190 valence electrons. The van der Waals surface area contributed by atoms with Crippen molar-refractivity contribution in [1.29, 1.82) is 0 Å². The number of hydrogen-bond donors (Lipinski definition) is 1. The average molecular weight is 485 g/mol. The van der Waals surface area contributed by atoms with Crippen LogP contribution in [0.2, 0.25) is 0 Å². The third-order valence-electron chi connectivity index (χ3n) is 8.99. The summed E-state index contributed by atoms with van der Waals surface area (Å²) in [7, 11) is 0. The Labute approximate surface area is 216 Å². The van der Waals surface area contributed by atoms with Crippen molar-refractivity contribution in [2.24, 2.45) is 0 Å². The molecule has 0 amide bonds. The Bertz CT molecular complexity index is 1030. The highest BCUT2D eigenvalue weighted by molar-refractivity contribution is 5.59. The van der Waals surface area contributed by atoms with E-state index in [1.54, 1.807) is 0 Å². The summed E-state index contributed by atoms with van der Waals surface area (Å²) in [4.78, 5) is 16.3. The quantitative estimate of drug-likeness (QED) is 0.424. The van der Waals surface area contributed by atoms with E-state index in [2.05, 4.69) is 88.7 Å². The zero-order valence-electron chi connectivity index (χ0n) is 21.3. The maximum Gasteiger partial charge on any atom is 0.137 e. The molecule has 0 unspecified atom stereocenters. The molecule has 2 aromatic rings. The molecule has 2 heterocycles. The predicted octanol–water partition coefficient (Wildman–Crippen LogP) is 5.67. The molecule has 2 atom stereocenters. The van der Waals surface area contributed by atoms with Crippen molar-refractivity contribution in [2.75, 3.05) is 6.61 Å². The van der Waals surface area contributed by atoms with E-state index in [0.717, 1.165) is 64.3 Å². The monoisotopic (exact) mass is 484 g/mol. The first-order valence-corrected chi connectivity index (χ1v) is 13.7. The Morgan fingerprint density at radius 2 is 1.19 bits per heavy atom. The summed E-state index contributed by atoms with van der Waals surface area (Å²) in [5.74, 6) is 0. The van der Waals surface area contributed by atoms with E-state index in [1.165, 1.54) is 17.5 Å². The molecule has 2 fully saturated rings. The molecule has 2 aromatic carbocycles. The van der Waals surface area contributed by atoms with Gasteiger partial charge in [-0.15, -0.1) is 0 Å². The first-order chi connectivity index (χ1) is 17.7. The molecule has 4 aliphatic rings. The van der Waals surface area contributed by atoms with E-state index in [4.69, 9.17) is 0 Å². The van der Waals surface area contributed by atoms with Gasteiger partial charge in [0.2, 0.25) is 0 Å². The SMILES string of the molecule is O=C[C@H]1CCC2(CC=CC2)N1Cc1ccccc1.OC[C@H]1CCC2(CC=CC2)N1Cc1ccccc1. The van der Waals surface area contributed by atoms with Crippen LogP contribution in [0.3, 0.4) is 0 Å². The fourth-order valence-electron chi connectivity index (χ4n) is 6.92. The van der Waals surface area contributed by atoms with Crippen LogP contribution in [0.1, 0.15) is 62.5 Å². The molecular weight excluding hydrogens is 444 g/mol. The summed E-state index contributed by atoms with van der Waals surface area (Å²) in [6, 6.07) is 21.5. The number of benzene rings is 2. The lowest BCUT2D eigenvalue weighted by Crippen LogP contribution is -2.46. The second-order valence-electron chi connectivity index (χ2n) is 11.1. The topological polar surface area (TPSA) is 43.8 Å². The van der Waals surface area contributed by atoms with Crippen LogP contribution >= 0.6 is 0 Å². The van der Waals surface area contributed by atoms with E-state index in [-0.39, 0.29) is 18.2 Å². The number of hydrogen-bond acceptors (Lipinski definition) is 4. The normalized spacial score (nSPS) is 26.0. The summed E-state index contributed by atoms with van der Waals surface area (Å²) in [5.41, 5.74) is 3.17. The molecule has 0 radical (unpaired) electrons. The maximum absolute atomic E-state index is 11.3.